The largest absolute Gasteiger partial charge is 0.481 e. The number of carboxylic acids is 1. The third-order valence-corrected chi connectivity index (χ3v) is 5.69. The van der Waals surface area contributed by atoms with Crippen molar-refractivity contribution in [3.63, 3.8) is 0 Å². The highest BCUT2D eigenvalue weighted by atomic mass is 16.4. The van der Waals surface area contributed by atoms with Crippen molar-refractivity contribution in [3.05, 3.63) is 47.3 Å². The minimum Gasteiger partial charge on any atom is -0.481 e. The first-order valence-electron chi connectivity index (χ1n) is 9.96. The first kappa shape index (κ1) is 20.2. The van der Waals surface area contributed by atoms with Crippen LogP contribution in [-0.2, 0) is 11.2 Å². The van der Waals surface area contributed by atoms with Gasteiger partial charge in [0.2, 0.25) is 0 Å². The molecule has 2 unspecified atom stereocenters. The fraction of sp³-hybridized carbons (Fsp3) is 0.524. The van der Waals surface area contributed by atoms with Crippen LogP contribution in [0, 0.1) is 5.92 Å². The van der Waals surface area contributed by atoms with Gasteiger partial charge in [0.1, 0.15) is 0 Å². The van der Waals surface area contributed by atoms with E-state index in [-0.39, 0.29) is 5.92 Å². The van der Waals surface area contributed by atoms with Crippen LogP contribution in [0.4, 0.5) is 0 Å². The number of nitrogens with one attached hydrogen (secondary N) is 1. The molecule has 1 aromatic heterocycles. The second-order valence-electron chi connectivity index (χ2n) is 8.33. The van der Waals surface area contributed by atoms with E-state index in [2.05, 4.69) is 65.1 Å². The number of hydrogen-bond acceptors (Lipinski definition) is 4. The summed E-state index contributed by atoms with van der Waals surface area (Å²) in [4.78, 5) is 11.8. The Morgan fingerprint density at radius 2 is 2.04 bits per heavy atom. The van der Waals surface area contributed by atoms with Crippen LogP contribution in [0.2, 0.25) is 0 Å². The topological polar surface area (TPSA) is 91.8 Å². The van der Waals surface area contributed by atoms with Crippen molar-refractivity contribution >= 4 is 11.5 Å². The summed E-state index contributed by atoms with van der Waals surface area (Å²) < 4.78 is 1.03. The van der Waals surface area contributed by atoms with E-state index in [0.717, 1.165) is 36.0 Å². The van der Waals surface area contributed by atoms with Gasteiger partial charge in [-0.25, -0.2) is 0 Å². The maximum Gasteiger partial charge on any atom is 0.307 e. The normalized spacial score (nSPS) is 18.3. The predicted molar refractivity (Wildman–Crippen MR) is 108 cm³/mol. The maximum atomic E-state index is 11.8. The highest BCUT2D eigenvalue weighted by molar-refractivity contribution is 5.71. The molecule has 0 fully saturated rings. The number of aliphatic carboxylic acids is 1. The summed E-state index contributed by atoms with van der Waals surface area (Å²) in [5, 5.41) is 24.0. The standard InChI is InChI=1S/C21H29N5O2/c1-4-5-18(21(27)28)19(20-22-24-25-23-20)14-15-6-8-16(9-7-15)17-10-12-26(2,3)13-11-17/h6-10,18-19H,4-5,11-14H2,1-3H3,(H-,22,23,24,25,27,28)/p+1. The SMILES string of the molecule is CCCC(C(=O)O)C(Cc1ccc(C2=CC[N+](C)(C)CC2)cc1)c1nn[nH]n1. The van der Waals surface area contributed by atoms with Gasteiger partial charge in [-0.15, -0.1) is 10.2 Å². The van der Waals surface area contributed by atoms with Crippen molar-refractivity contribution in [3.8, 4) is 0 Å². The zero-order valence-electron chi connectivity index (χ0n) is 16.9. The molecule has 1 aliphatic heterocycles. The summed E-state index contributed by atoms with van der Waals surface area (Å²) in [5.41, 5.74) is 3.74. The molecule has 150 valence electrons. The number of hydrogen-bond donors (Lipinski definition) is 2. The molecule has 1 aliphatic rings. The van der Waals surface area contributed by atoms with Crippen LogP contribution in [0.25, 0.3) is 5.57 Å². The average Bonchev–Trinajstić information content (AvgIpc) is 3.19. The van der Waals surface area contributed by atoms with Gasteiger partial charge in [0.15, 0.2) is 5.82 Å². The van der Waals surface area contributed by atoms with Gasteiger partial charge in [-0.1, -0.05) is 42.8 Å². The Morgan fingerprint density at radius 1 is 1.29 bits per heavy atom. The molecule has 0 aliphatic carbocycles. The number of rotatable bonds is 8. The van der Waals surface area contributed by atoms with Crippen LogP contribution in [0.1, 0.15) is 49.1 Å². The molecule has 0 spiro atoms. The lowest BCUT2D eigenvalue weighted by Crippen LogP contribution is -2.42. The van der Waals surface area contributed by atoms with E-state index in [0.29, 0.717) is 18.7 Å². The highest BCUT2D eigenvalue weighted by Gasteiger charge is 2.32. The molecule has 2 atom stereocenters. The van der Waals surface area contributed by atoms with E-state index in [1.807, 2.05) is 6.92 Å². The molecule has 0 radical (unpaired) electrons. The molecule has 28 heavy (non-hydrogen) atoms. The van der Waals surface area contributed by atoms with Crippen molar-refractivity contribution in [2.75, 3.05) is 27.2 Å². The molecule has 2 N–H and O–H groups in total. The van der Waals surface area contributed by atoms with Gasteiger partial charge in [-0.2, -0.15) is 5.21 Å². The first-order valence-corrected chi connectivity index (χ1v) is 9.96. The number of tetrazole rings is 1. The second-order valence-corrected chi connectivity index (χ2v) is 8.33. The predicted octanol–water partition coefficient (Wildman–Crippen LogP) is 2.89. The summed E-state index contributed by atoms with van der Waals surface area (Å²) in [5.74, 6) is -1.15. The zero-order valence-corrected chi connectivity index (χ0v) is 16.9. The number of H-pyrrole nitrogens is 1. The minimum absolute atomic E-state index is 0.297. The lowest BCUT2D eigenvalue weighted by atomic mass is 9.83. The molecule has 7 heteroatoms. The van der Waals surface area contributed by atoms with Crippen molar-refractivity contribution in [1.29, 1.82) is 0 Å². The average molecular weight is 385 g/mol. The van der Waals surface area contributed by atoms with Crippen LogP contribution >= 0.6 is 0 Å². The van der Waals surface area contributed by atoms with Crippen molar-refractivity contribution in [2.24, 2.45) is 5.92 Å². The monoisotopic (exact) mass is 384 g/mol. The van der Waals surface area contributed by atoms with Crippen LogP contribution in [0.5, 0.6) is 0 Å². The number of aromatic amines is 1. The van der Waals surface area contributed by atoms with Crippen LogP contribution in [0.3, 0.4) is 0 Å². The van der Waals surface area contributed by atoms with Gasteiger partial charge in [0.25, 0.3) is 0 Å². The molecule has 0 saturated heterocycles. The molecule has 2 aromatic rings. The minimum atomic E-state index is -0.804. The lowest BCUT2D eigenvalue weighted by molar-refractivity contribution is -0.885. The van der Waals surface area contributed by atoms with E-state index in [4.69, 9.17) is 0 Å². The number of quaternary nitrogens is 1. The molecule has 1 aromatic carbocycles. The molecular weight excluding hydrogens is 354 g/mol. The number of benzene rings is 1. The molecule has 0 saturated carbocycles. The Labute approximate surface area is 166 Å². The van der Waals surface area contributed by atoms with Gasteiger partial charge in [-0.3, -0.25) is 4.79 Å². The van der Waals surface area contributed by atoms with E-state index < -0.39 is 11.9 Å². The Kier molecular flexibility index (Phi) is 6.24. The third-order valence-electron chi connectivity index (χ3n) is 5.69. The fourth-order valence-corrected chi connectivity index (χ4v) is 3.89. The zero-order chi connectivity index (χ0) is 20.1. The number of carbonyl (C=O) groups is 1. The van der Waals surface area contributed by atoms with Crippen molar-refractivity contribution < 1.29 is 14.4 Å². The Bertz CT molecular complexity index is 812. The fourth-order valence-electron chi connectivity index (χ4n) is 3.89. The van der Waals surface area contributed by atoms with Crippen molar-refractivity contribution in [1.82, 2.24) is 20.6 Å². The van der Waals surface area contributed by atoms with Gasteiger partial charge in [-0.05, 0) is 35.6 Å². The number of aromatic nitrogens is 4. The number of carboxylic acid groups (broad SMARTS) is 1. The maximum absolute atomic E-state index is 11.8. The van der Waals surface area contributed by atoms with Gasteiger partial charge in [0.05, 0.1) is 33.1 Å². The lowest BCUT2D eigenvalue weighted by Gasteiger charge is -2.32. The van der Waals surface area contributed by atoms with Crippen LogP contribution in [0.15, 0.2) is 30.3 Å². The van der Waals surface area contributed by atoms with E-state index in [9.17, 15) is 9.90 Å². The summed E-state index contributed by atoms with van der Waals surface area (Å²) >= 11 is 0. The van der Waals surface area contributed by atoms with Crippen molar-refractivity contribution in [2.45, 2.75) is 38.5 Å². The van der Waals surface area contributed by atoms with E-state index >= 15 is 0 Å². The third kappa shape index (κ3) is 4.84. The Balaban J connectivity index is 1.78. The van der Waals surface area contributed by atoms with Gasteiger partial charge in [0, 0.05) is 12.3 Å². The second kappa shape index (κ2) is 8.65. The molecule has 2 heterocycles. The Morgan fingerprint density at radius 3 is 2.57 bits per heavy atom. The molecule has 0 bridgehead atoms. The Hall–Kier alpha value is -2.54. The quantitative estimate of drug-likeness (QED) is 0.683. The molecule has 7 nitrogen and oxygen atoms in total. The first-order chi connectivity index (χ1) is 13.4. The summed E-state index contributed by atoms with van der Waals surface area (Å²) in [6.45, 7) is 4.19. The van der Waals surface area contributed by atoms with E-state index in [1.54, 1.807) is 0 Å². The summed E-state index contributed by atoms with van der Waals surface area (Å²) in [7, 11) is 4.51. The van der Waals surface area contributed by atoms with Gasteiger partial charge >= 0.3 is 5.97 Å². The molecular formula is C21H30N5O2+. The highest BCUT2D eigenvalue weighted by Crippen LogP contribution is 2.31. The summed E-state index contributed by atoms with van der Waals surface area (Å²) in [6.07, 6.45) is 5.39. The smallest absolute Gasteiger partial charge is 0.307 e. The van der Waals surface area contributed by atoms with Crippen LogP contribution < -0.4 is 0 Å². The van der Waals surface area contributed by atoms with E-state index in [1.165, 1.54) is 11.1 Å². The molecule has 0 amide bonds. The van der Waals surface area contributed by atoms with Gasteiger partial charge < -0.3 is 9.59 Å². The molecule has 3 rings (SSSR count). The number of nitrogens with zero attached hydrogens (tertiary/aromatic N) is 4. The summed E-state index contributed by atoms with van der Waals surface area (Å²) in [6, 6.07) is 8.50. The van der Waals surface area contributed by atoms with Crippen LogP contribution in [-0.4, -0.2) is 63.4 Å². The number of likely N-dealkylation sites (N-methyl/N-ethyl adjacent to an activating group) is 1.